The third-order valence-electron chi connectivity index (χ3n) is 3.73. The molecule has 0 spiro atoms. The summed E-state index contributed by atoms with van der Waals surface area (Å²) >= 11 is 0. The molecule has 6 heteroatoms. The first-order chi connectivity index (χ1) is 10.2. The van der Waals surface area contributed by atoms with Crippen molar-refractivity contribution in [3.05, 3.63) is 29.7 Å². The van der Waals surface area contributed by atoms with Gasteiger partial charge in [0.05, 0.1) is 18.9 Å². The number of aromatic amines is 1. The third-order valence-corrected chi connectivity index (χ3v) is 3.73. The molecule has 114 valence electrons. The fourth-order valence-electron chi connectivity index (χ4n) is 2.59. The number of nitrogens with one attached hydrogen (secondary N) is 2. The minimum atomic E-state index is 0.255. The van der Waals surface area contributed by atoms with E-state index in [9.17, 15) is 0 Å². The van der Waals surface area contributed by atoms with Crippen LogP contribution in [-0.2, 0) is 11.3 Å². The average molecular weight is 290 g/mol. The highest BCUT2D eigenvalue weighted by Gasteiger charge is 2.17. The van der Waals surface area contributed by atoms with Crippen LogP contribution in [0.25, 0.3) is 11.5 Å². The van der Waals surface area contributed by atoms with E-state index in [-0.39, 0.29) is 6.10 Å². The van der Waals surface area contributed by atoms with Crippen LogP contribution >= 0.6 is 0 Å². The zero-order valence-corrected chi connectivity index (χ0v) is 12.6. The maximum atomic E-state index is 5.74. The van der Waals surface area contributed by atoms with E-state index in [1.165, 1.54) is 0 Å². The molecule has 21 heavy (non-hydrogen) atoms. The first kappa shape index (κ1) is 14.3. The van der Waals surface area contributed by atoms with E-state index in [1.54, 1.807) is 0 Å². The lowest BCUT2D eigenvalue weighted by Gasteiger charge is -2.30. The molecule has 3 heterocycles. The van der Waals surface area contributed by atoms with Crippen molar-refractivity contribution in [3.8, 4) is 11.5 Å². The Bertz CT molecular complexity index is 578. The minimum Gasteiger partial charge on any atom is -0.460 e. The fraction of sp³-hybridized carbons (Fsp3) is 0.533. The summed E-state index contributed by atoms with van der Waals surface area (Å²) in [6.45, 7) is 6.32. The Balaban J connectivity index is 1.55. The standard InChI is InChI=1S/C15H22N4O2/c1-11-3-4-14(21-11)15-12(8-17-18-15)7-16-9-13-10-19(2)5-6-20-13/h3-4,8,13,16H,5-7,9-10H2,1-2H3,(H,17,18)/t13-/m1/s1. The van der Waals surface area contributed by atoms with Crippen LogP contribution < -0.4 is 5.32 Å². The lowest BCUT2D eigenvalue weighted by Crippen LogP contribution is -2.44. The van der Waals surface area contributed by atoms with Crippen molar-refractivity contribution in [1.29, 1.82) is 0 Å². The lowest BCUT2D eigenvalue weighted by atomic mass is 10.2. The van der Waals surface area contributed by atoms with Crippen molar-refractivity contribution in [1.82, 2.24) is 20.4 Å². The van der Waals surface area contributed by atoms with E-state index in [0.29, 0.717) is 0 Å². The van der Waals surface area contributed by atoms with Crippen LogP contribution in [0.5, 0.6) is 0 Å². The van der Waals surface area contributed by atoms with Crippen molar-refractivity contribution >= 4 is 0 Å². The highest BCUT2D eigenvalue weighted by Crippen LogP contribution is 2.23. The van der Waals surface area contributed by atoms with Crippen LogP contribution in [0.4, 0.5) is 0 Å². The normalized spacial score (nSPS) is 20.0. The zero-order valence-electron chi connectivity index (χ0n) is 12.6. The summed E-state index contributed by atoms with van der Waals surface area (Å²) < 4.78 is 11.4. The molecule has 2 aromatic heterocycles. The smallest absolute Gasteiger partial charge is 0.152 e. The van der Waals surface area contributed by atoms with Crippen LogP contribution in [0, 0.1) is 6.92 Å². The number of nitrogens with zero attached hydrogens (tertiary/aromatic N) is 2. The number of aromatic nitrogens is 2. The molecule has 0 aliphatic carbocycles. The summed E-state index contributed by atoms with van der Waals surface area (Å²) in [4.78, 5) is 2.30. The van der Waals surface area contributed by atoms with Crippen LogP contribution in [0.3, 0.4) is 0 Å². The second-order valence-electron chi connectivity index (χ2n) is 5.57. The van der Waals surface area contributed by atoms with E-state index in [4.69, 9.17) is 9.15 Å². The van der Waals surface area contributed by atoms with Gasteiger partial charge in [-0.2, -0.15) is 5.10 Å². The molecule has 0 saturated carbocycles. The first-order valence-corrected chi connectivity index (χ1v) is 7.32. The van der Waals surface area contributed by atoms with Crippen LogP contribution in [0.2, 0.25) is 0 Å². The molecule has 0 radical (unpaired) electrons. The van der Waals surface area contributed by atoms with Crippen LogP contribution in [0.15, 0.2) is 22.7 Å². The SMILES string of the molecule is Cc1ccc(-c2[nH]ncc2CNC[C@@H]2CN(C)CCO2)o1. The van der Waals surface area contributed by atoms with Gasteiger partial charge < -0.3 is 19.4 Å². The Morgan fingerprint density at radius 1 is 1.48 bits per heavy atom. The van der Waals surface area contributed by atoms with E-state index >= 15 is 0 Å². The fourth-order valence-corrected chi connectivity index (χ4v) is 2.59. The lowest BCUT2D eigenvalue weighted by molar-refractivity contribution is -0.0182. The second-order valence-corrected chi connectivity index (χ2v) is 5.57. The second kappa shape index (κ2) is 6.43. The highest BCUT2D eigenvalue weighted by atomic mass is 16.5. The molecule has 6 nitrogen and oxygen atoms in total. The average Bonchev–Trinajstić information content (AvgIpc) is 3.07. The molecule has 0 aromatic carbocycles. The monoisotopic (exact) mass is 290 g/mol. The van der Waals surface area contributed by atoms with Crippen molar-refractivity contribution in [2.45, 2.75) is 19.6 Å². The molecule has 0 amide bonds. The topological polar surface area (TPSA) is 66.3 Å². The predicted octanol–water partition coefficient (Wildman–Crippen LogP) is 1.40. The largest absolute Gasteiger partial charge is 0.460 e. The van der Waals surface area contributed by atoms with E-state index in [1.807, 2.05) is 25.3 Å². The number of H-pyrrole nitrogens is 1. The van der Waals surface area contributed by atoms with Crippen molar-refractivity contribution in [2.24, 2.45) is 0 Å². The molecular weight excluding hydrogens is 268 g/mol. The molecule has 1 fully saturated rings. The molecule has 1 aliphatic heterocycles. The van der Waals surface area contributed by atoms with E-state index < -0.39 is 0 Å². The Morgan fingerprint density at radius 2 is 2.38 bits per heavy atom. The van der Waals surface area contributed by atoms with Gasteiger partial charge in [-0.3, -0.25) is 5.10 Å². The maximum Gasteiger partial charge on any atom is 0.152 e. The highest BCUT2D eigenvalue weighted by molar-refractivity contribution is 5.56. The summed E-state index contributed by atoms with van der Waals surface area (Å²) in [5, 5.41) is 10.6. The number of morpholine rings is 1. The minimum absolute atomic E-state index is 0.255. The third kappa shape index (κ3) is 3.53. The van der Waals surface area contributed by atoms with Gasteiger partial charge in [0.1, 0.15) is 11.5 Å². The summed E-state index contributed by atoms with van der Waals surface area (Å²) in [5.74, 6) is 1.73. The van der Waals surface area contributed by atoms with Crippen molar-refractivity contribution in [2.75, 3.05) is 33.3 Å². The number of aryl methyl sites for hydroxylation is 1. The Morgan fingerprint density at radius 3 is 3.14 bits per heavy atom. The van der Waals surface area contributed by atoms with Gasteiger partial charge in [-0.25, -0.2) is 0 Å². The number of rotatable bonds is 5. The zero-order chi connectivity index (χ0) is 14.7. The molecule has 2 N–H and O–H groups in total. The first-order valence-electron chi connectivity index (χ1n) is 7.32. The van der Waals surface area contributed by atoms with Gasteiger partial charge in [0, 0.05) is 31.7 Å². The molecule has 1 atom stereocenters. The Labute approximate surface area is 124 Å². The number of furan rings is 1. The van der Waals surface area contributed by atoms with Gasteiger partial charge in [-0.05, 0) is 26.1 Å². The van der Waals surface area contributed by atoms with Gasteiger partial charge in [0.15, 0.2) is 5.76 Å². The molecule has 1 saturated heterocycles. The quantitative estimate of drug-likeness (QED) is 0.871. The molecule has 1 aliphatic rings. The summed E-state index contributed by atoms with van der Waals surface area (Å²) in [5.41, 5.74) is 2.05. The van der Waals surface area contributed by atoms with Gasteiger partial charge in [0.25, 0.3) is 0 Å². The van der Waals surface area contributed by atoms with E-state index in [2.05, 4.69) is 27.5 Å². The number of ether oxygens (including phenoxy) is 1. The molecule has 0 unspecified atom stereocenters. The molecule has 2 aromatic rings. The summed E-state index contributed by atoms with van der Waals surface area (Å²) in [6, 6.07) is 3.92. The van der Waals surface area contributed by atoms with Crippen LogP contribution in [-0.4, -0.2) is 54.5 Å². The molecular formula is C15H22N4O2. The molecule has 3 rings (SSSR count). The van der Waals surface area contributed by atoms with Gasteiger partial charge in [-0.1, -0.05) is 0 Å². The Kier molecular flexibility index (Phi) is 4.38. The molecule has 0 bridgehead atoms. The number of hydrogen-bond donors (Lipinski definition) is 2. The van der Waals surface area contributed by atoms with E-state index in [0.717, 1.165) is 55.6 Å². The van der Waals surface area contributed by atoms with Crippen molar-refractivity contribution < 1.29 is 9.15 Å². The van der Waals surface area contributed by atoms with Gasteiger partial charge >= 0.3 is 0 Å². The number of hydrogen-bond acceptors (Lipinski definition) is 5. The number of likely N-dealkylation sites (N-methyl/N-ethyl adjacent to an activating group) is 1. The summed E-state index contributed by atoms with van der Waals surface area (Å²) in [6.07, 6.45) is 2.10. The van der Waals surface area contributed by atoms with Gasteiger partial charge in [0.2, 0.25) is 0 Å². The van der Waals surface area contributed by atoms with Crippen molar-refractivity contribution in [3.63, 3.8) is 0 Å². The van der Waals surface area contributed by atoms with Crippen LogP contribution in [0.1, 0.15) is 11.3 Å². The predicted molar refractivity (Wildman–Crippen MR) is 80.0 cm³/mol. The Hall–Kier alpha value is -1.63. The summed E-state index contributed by atoms with van der Waals surface area (Å²) in [7, 11) is 2.13. The maximum absolute atomic E-state index is 5.74. The van der Waals surface area contributed by atoms with Gasteiger partial charge in [-0.15, -0.1) is 0 Å².